The van der Waals surface area contributed by atoms with Gasteiger partial charge in [-0.05, 0) is 18.2 Å². The molecule has 0 radical (unpaired) electrons. The molecule has 1 saturated heterocycles. The summed E-state index contributed by atoms with van der Waals surface area (Å²) in [6.45, 7) is 2.03. The summed E-state index contributed by atoms with van der Waals surface area (Å²) < 4.78 is 0. The third-order valence-electron chi connectivity index (χ3n) is 2.83. The highest BCUT2D eigenvalue weighted by atomic mass is 32.2. The van der Waals surface area contributed by atoms with E-state index in [-0.39, 0.29) is 5.25 Å². The fourth-order valence-corrected chi connectivity index (χ4v) is 3.17. The van der Waals surface area contributed by atoms with Crippen LogP contribution in [0.2, 0.25) is 0 Å². The fourth-order valence-electron chi connectivity index (χ4n) is 1.87. The van der Waals surface area contributed by atoms with E-state index in [0.29, 0.717) is 5.82 Å². The zero-order valence-corrected chi connectivity index (χ0v) is 8.92. The van der Waals surface area contributed by atoms with Gasteiger partial charge >= 0.3 is 0 Å². The Hall–Kier alpha value is -0.740. The SMILES string of the molecule is CC1SCCC1(O)c1cccnc1N. The van der Waals surface area contributed by atoms with Gasteiger partial charge in [0.25, 0.3) is 0 Å². The van der Waals surface area contributed by atoms with E-state index in [0.717, 1.165) is 17.7 Å². The van der Waals surface area contributed by atoms with E-state index < -0.39 is 5.60 Å². The standard InChI is InChI=1S/C10H14N2OS/c1-7-10(13,4-6-14-7)8-3-2-5-12-9(8)11/h2-3,5,7,13H,4,6H2,1H3,(H2,11,12). The highest BCUT2D eigenvalue weighted by molar-refractivity contribution is 8.00. The molecular formula is C10H14N2OS. The number of nitrogens with zero attached hydrogens (tertiary/aromatic N) is 1. The normalized spacial score (nSPS) is 32.0. The molecule has 3 nitrogen and oxygen atoms in total. The van der Waals surface area contributed by atoms with E-state index in [1.54, 1.807) is 18.0 Å². The number of rotatable bonds is 1. The predicted octanol–water partition coefficient (Wildman–Crippen LogP) is 1.38. The van der Waals surface area contributed by atoms with Crippen LogP contribution in [0.15, 0.2) is 18.3 Å². The second kappa shape index (κ2) is 3.44. The molecule has 0 aliphatic carbocycles. The van der Waals surface area contributed by atoms with Crippen molar-refractivity contribution < 1.29 is 5.11 Å². The lowest BCUT2D eigenvalue weighted by Crippen LogP contribution is -2.32. The van der Waals surface area contributed by atoms with Gasteiger partial charge in [0.1, 0.15) is 11.4 Å². The molecule has 1 aromatic heterocycles. The highest BCUT2D eigenvalue weighted by Gasteiger charge is 2.41. The molecule has 0 saturated carbocycles. The topological polar surface area (TPSA) is 59.1 Å². The third-order valence-corrected chi connectivity index (χ3v) is 4.16. The fraction of sp³-hybridized carbons (Fsp3) is 0.500. The lowest BCUT2D eigenvalue weighted by Gasteiger charge is -2.27. The molecule has 2 atom stereocenters. The average Bonchev–Trinajstić information content (AvgIpc) is 2.49. The quantitative estimate of drug-likeness (QED) is 0.735. The Balaban J connectivity index is 2.43. The van der Waals surface area contributed by atoms with Crippen molar-refractivity contribution in [2.75, 3.05) is 11.5 Å². The summed E-state index contributed by atoms with van der Waals surface area (Å²) in [4.78, 5) is 4.01. The molecule has 14 heavy (non-hydrogen) atoms. The van der Waals surface area contributed by atoms with Gasteiger partial charge < -0.3 is 10.8 Å². The van der Waals surface area contributed by atoms with Crippen molar-refractivity contribution >= 4 is 17.6 Å². The van der Waals surface area contributed by atoms with Crippen LogP contribution >= 0.6 is 11.8 Å². The van der Waals surface area contributed by atoms with Crippen LogP contribution in [0.25, 0.3) is 0 Å². The first-order chi connectivity index (χ1) is 6.64. The molecule has 0 amide bonds. The Kier molecular flexibility index (Phi) is 2.41. The number of nitrogen functional groups attached to an aromatic ring is 1. The van der Waals surface area contributed by atoms with Crippen LogP contribution in [-0.4, -0.2) is 21.1 Å². The van der Waals surface area contributed by atoms with E-state index in [2.05, 4.69) is 4.98 Å². The van der Waals surface area contributed by atoms with E-state index in [1.165, 1.54) is 0 Å². The van der Waals surface area contributed by atoms with Gasteiger partial charge in [-0.2, -0.15) is 11.8 Å². The molecule has 2 rings (SSSR count). The summed E-state index contributed by atoms with van der Waals surface area (Å²) in [7, 11) is 0. The largest absolute Gasteiger partial charge is 0.384 e. The van der Waals surface area contributed by atoms with Crippen LogP contribution in [0.4, 0.5) is 5.82 Å². The highest BCUT2D eigenvalue weighted by Crippen LogP contribution is 2.44. The molecule has 0 spiro atoms. The second-order valence-electron chi connectivity index (χ2n) is 3.62. The summed E-state index contributed by atoms with van der Waals surface area (Å²) >= 11 is 1.77. The summed E-state index contributed by atoms with van der Waals surface area (Å²) in [5.74, 6) is 1.43. The molecule has 3 N–H and O–H groups in total. The maximum atomic E-state index is 10.5. The summed E-state index contributed by atoms with van der Waals surface area (Å²) in [6.07, 6.45) is 2.41. The number of aliphatic hydroxyl groups is 1. The first-order valence-corrected chi connectivity index (χ1v) is 5.74. The number of thioether (sulfide) groups is 1. The molecule has 1 aliphatic heterocycles. The van der Waals surface area contributed by atoms with Gasteiger partial charge in [0.15, 0.2) is 0 Å². The average molecular weight is 210 g/mol. The number of aromatic nitrogens is 1. The lowest BCUT2D eigenvalue weighted by atomic mass is 9.89. The number of nitrogens with two attached hydrogens (primary N) is 1. The van der Waals surface area contributed by atoms with Crippen molar-refractivity contribution in [1.82, 2.24) is 4.98 Å². The zero-order valence-electron chi connectivity index (χ0n) is 8.10. The zero-order chi connectivity index (χ0) is 10.2. The summed E-state index contributed by atoms with van der Waals surface area (Å²) in [6, 6.07) is 3.68. The van der Waals surface area contributed by atoms with Gasteiger partial charge in [-0.25, -0.2) is 4.98 Å². The smallest absolute Gasteiger partial charge is 0.129 e. The molecule has 0 aromatic carbocycles. The minimum absolute atomic E-state index is 0.189. The van der Waals surface area contributed by atoms with Crippen molar-refractivity contribution in [3.05, 3.63) is 23.9 Å². The van der Waals surface area contributed by atoms with Gasteiger partial charge in [0.2, 0.25) is 0 Å². The Morgan fingerprint density at radius 2 is 2.50 bits per heavy atom. The molecule has 4 heteroatoms. The first-order valence-electron chi connectivity index (χ1n) is 4.69. The van der Waals surface area contributed by atoms with E-state index in [9.17, 15) is 5.11 Å². The Morgan fingerprint density at radius 1 is 1.71 bits per heavy atom. The molecule has 1 aliphatic rings. The molecular weight excluding hydrogens is 196 g/mol. The van der Waals surface area contributed by atoms with Crippen LogP contribution < -0.4 is 5.73 Å². The Labute approximate surface area is 87.7 Å². The van der Waals surface area contributed by atoms with Crippen LogP contribution in [-0.2, 0) is 5.60 Å². The number of pyridine rings is 1. The maximum Gasteiger partial charge on any atom is 0.129 e. The predicted molar refractivity (Wildman–Crippen MR) is 59.1 cm³/mol. The summed E-state index contributed by atoms with van der Waals surface area (Å²) in [5, 5.41) is 10.7. The van der Waals surface area contributed by atoms with Crippen LogP contribution in [0, 0.1) is 0 Å². The maximum absolute atomic E-state index is 10.5. The van der Waals surface area contributed by atoms with Crippen molar-refractivity contribution in [3.63, 3.8) is 0 Å². The van der Waals surface area contributed by atoms with Crippen molar-refractivity contribution in [2.45, 2.75) is 24.2 Å². The summed E-state index contributed by atoms with van der Waals surface area (Å²) in [5.41, 5.74) is 5.75. The number of anilines is 1. The van der Waals surface area contributed by atoms with Crippen molar-refractivity contribution in [3.8, 4) is 0 Å². The Bertz CT molecular complexity index is 345. The number of hydrogen-bond donors (Lipinski definition) is 2. The number of hydrogen-bond acceptors (Lipinski definition) is 4. The minimum Gasteiger partial charge on any atom is -0.384 e. The van der Waals surface area contributed by atoms with E-state index in [1.807, 2.05) is 19.1 Å². The van der Waals surface area contributed by atoms with Gasteiger partial charge in [-0.15, -0.1) is 0 Å². The minimum atomic E-state index is -0.789. The molecule has 2 unspecified atom stereocenters. The molecule has 1 aromatic rings. The van der Waals surface area contributed by atoms with Gasteiger partial charge in [0, 0.05) is 17.0 Å². The first kappa shape index (κ1) is 9.80. The molecule has 76 valence electrons. The van der Waals surface area contributed by atoms with Crippen molar-refractivity contribution in [2.24, 2.45) is 0 Å². The molecule has 2 heterocycles. The van der Waals surface area contributed by atoms with Crippen LogP contribution in [0.3, 0.4) is 0 Å². The van der Waals surface area contributed by atoms with Gasteiger partial charge in [0.05, 0.1) is 0 Å². The molecule has 0 bridgehead atoms. The second-order valence-corrected chi connectivity index (χ2v) is 5.07. The van der Waals surface area contributed by atoms with Crippen molar-refractivity contribution in [1.29, 1.82) is 0 Å². The lowest BCUT2D eigenvalue weighted by molar-refractivity contribution is 0.0432. The van der Waals surface area contributed by atoms with E-state index in [4.69, 9.17) is 5.73 Å². The van der Waals surface area contributed by atoms with E-state index >= 15 is 0 Å². The Morgan fingerprint density at radius 3 is 3.07 bits per heavy atom. The molecule has 1 fully saturated rings. The van der Waals surface area contributed by atoms with Gasteiger partial charge in [-0.3, -0.25) is 0 Å². The van der Waals surface area contributed by atoms with Gasteiger partial charge in [-0.1, -0.05) is 13.0 Å². The third kappa shape index (κ3) is 1.38. The monoisotopic (exact) mass is 210 g/mol. The van der Waals surface area contributed by atoms with Crippen LogP contribution in [0.1, 0.15) is 18.9 Å². The van der Waals surface area contributed by atoms with Crippen LogP contribution in [0.5, 0.6) is 0 Å².